The number of anilines is 2. The number of para-hydroxylation sites is 1. The lowest BCUT2D eigenvalue weighted by Gasteiger charge is -2.21. The van der Waals surface area contributed by atoms with Crippen molar-refractivity contribution in [3.05, 3.63) is 72.8 Å². The van der Waals surface area contributed by atoms with Crippen LogP contribution in [0.1, 0.15) is 23.2 Å². The normalized spacial score (nSPS) is 13.3. The first-order valence-corrected chi connectivity index (χ1v) is 9.14. The number of hydrogen-bond acceptors (Lipinski definition) is 4. The molecule has 1 heterocycles. The van der Waals surface area contributed by atoms with E-state index in [4.69, 9.17) is 4.74 Å². The molecule has 0 N–H and O–H groups in total. The summed E-state index contributed by atoms with van der Waals surface area (Å²) in [4.78, 5) is 40.0. The summed E-state index contributed by atoms with van der Waals surface area (Å²) in [6.45, 7) is 4.25. The van der Waals surface area contributed by atoms with Crippen molar-refractivity contribution >= 4 is 29.2 Å². The van der Waals surface area contributed by atoms with Gasteiger partial charge in [-0.25, -0.2) is 4.79 Å². The van der Waals surface area contributed by atoms with Gasteiger partial charge in [-0.2, -0.15) is 0 Å². The molecule has 3 rings (SSSR count). The Labute approximate surface area is 164 Å². The Morgan fingerprint density at radius 3 is 2.61 bits per heavy atom. The van der Waals surface area contributed by atoms with Gasteiger partial charge in [0.15, 0.2) is 6.61 Å². The Morgan fingerprint density at radius 2 is 1.93 bits per heavy atom. The van der Waals surface area contributed by atoms with Crippen LogP contribution in [-0.4, -0.2) is 37.5 Å². The number of amides is 2. The van der Waals surface area contributed by atoms with Crippen LogP contribution in [0.4, 0.5) is 11.4 Å². The molecule has 6 nitrogen and oxygen atoms in total. The largest absolute Gasteiger partial charge is 0.452 e. The molecule has 28 heavy (non-hydrogen) atoms. The van der Waals surface area contributed by atoms with Gasteiger partial charge in [-0.1, -0.05) is 30.3 Å². The lowest BCUT2D eigenvalue weighted by atomic mass is 10.2. The van der Waals surface area contributed by atoms with Crippen LogP contribution >= 0.6 is 0 Å². The van der Waals surface area contributed by atoms with Gasteiger partial charge in [0.2, 0.25) is 5.91 Å². The fourth-order valence-corrected chi connectivity index (χ4v) is 3.10. The molecule has 0 saturated carbocycles. The maximum atomic E-state index is 12.5. The summed E-state index contributed by atoms with van der Waals surface area (Å²) in [6, 6.07) is 15.8. The first-order chi connectivity index (χ1) is 13.6. The van der Waals surface area contributed by atoms with Crippen molar-refractivity contribution < 1.29 is 19.1 Å². The van der Waals surface area contributed by atoms with Crippen LogP contribution in [0.5, 0.6) is 0 Å². The molecule has 1 aliphatic rings. The first kappa shape index (κ1) is 19.4. The molecule has 0 unspecified atom stereocenters. The Morgan fingerprint density at radius 1 is 1.14 bits per heavy atom. The maximum absolute atomic E-state index is 12.5. The molecule has 6 heteroatoms. The molecule has 0 aromatic heterocycles. The summed E-state index contributed by atoms with van der Waals surface area (Å²) in [7, 11) is 0. The molecular formula is C22H22N2O4. The van der Waals surface area contributed by atoms with Crippen LogP contribution < -0.4 is 9.80 Å². The molecule has 2 amide bonds. The molecule has 144 valence electrons. The second-order valence-corrected chi connectivity index (χ2v) is 6.40. The van der Waals surface area contributed by atoms with Crippen molar-refractivity contribution in [2.24, 2.45) is 0 Å². The van der Waals surface area contributed by atoms with Crippen LogP contribution in [0, 0.1) is 0 Å². The molecule has 1 fully saturated rings. The van der Waals surface area contributed by atoms with Gasteiger partial charge in [0.1, 0.15) is 0 Å². The Kier molecular flexibility index (Phi) is 6.22. The van der Waals surface area contributed by atoms with E-state index in [1.165, 1.54) is 4.90 Å². The highest BCUT2D eigenvalue weighted by atomic mass is 16.5. The van der Waals surface area contributed by atoms with Crippen molar-refractivity contribution in [1.82, 2.24) is 0 Å². The molecule has 2 aromatic rings. The van der Waals surface area contributed by atoms with E-state index in [1.807, 2.05) is 18.2 Å². The van der Waals surface area contributed by atoms with Gasteiger partial charge >= 0.3 is 5.97 Å². The maximum Gasteiger partial charge on any atom is 0.338 e. The third kappa shape index (κ3) is 4.46. The monoisotopic (exact) mass is 378 g/mol. The van der Waals surface area contributed by atoms with E-state index in [0.29, 0.717) is 36.4 Å². The average molecular weight is 378 g/mol. The van der Waals surface area contributed by atoms with Crippen LogP contribution in [0.2, 0.25) is 0 Å². The molecular weight excluding hydrogens is 356 g/mol. The molecule has 0 atom stereocenters. The topological polar surface area (TPSA) is 66.9 Å². The predicted octanol–water partition coefficient (Wildman–Crippen LogP) is 3.19. The first-order valence-electron chi connectivity index (χ1n) is 9.14. The molecule has 0 aliphatic carbocycles. The Balaban J connectivity index is 1.65. The van der Waals surface area contributed by atoms with Gasteiger partial charge in [0.25, 0.3) is 5.91 Å². The van der Waals surface area contributed by atoms with Gasteiger partial charge in [0, 0.05) is 30.9 Å². The fraction of sp³-hybridized carbons (Fsp3) is 0.227. The highest BCUT2D eigenvalue weighted by Gasteiger charge is 2.23. The minimum Gasteiger partial charge on any atom is -0.452 e. The average Bonchev–Trinajstić information content (AvgIpc) is 3.16. The molecule has 0 radical (unpaired) electrons. The van der Waals surface area contributed by atoms with E-state index < -0.39 is 5.97 Å². The second-order valence-electron chi connectivity index (χ2n) is 6.40. The smallest absolute Gasteiger partial charge is 0.338 e. The standard InChI is InChI=1S/C22H22N2O4/c1-2-13-23(18-9-4-3-5-10-18)21(26)16-28-22(27)17-8-6-11-19(15-17)24-14-7-12-20(24)25/h2-6,8-11,15H,1,7,12-14,16H2. The van der Waals surface area contributed by atoms with E-state index in [0.717, 1.165) is 6.42 Å². The number of ether oxygens (including phenoxy) is 1. The van der Waals surface area contributed by atoms with Gasteiger partial charge in [-0.3, -0.25) is 9.59 Å². The molecule has 1 aliphatic heterocycles. The summed E-state index contributed by atoms with van der Waals surface area (Å²) in [5, 5.41) is 0. The van der Waals surface area contributed by atoms with Crippen molar-refractivity contribution in [1.29, 1.82) is 0 Å². The second kappa shape index (κ2) is 8.99. The van der Waals surface area contributed by atoms with E-state index >= 15 is 0 Å². The van der Waals surface area contributed by atoms with E-state index in [-0.39, 0.29) is 18.4 Å². The number of hydrogen-bond donors (Lipinski definition) is 0. The zero-order valence-corrected chi connectivity index (χ0v) is 15.5. The van der Waals surface area contributed by atoms with Gasteiger partial charge in [-0.15, -0.1) is 6.58 Å². The molecule has 2 aromatic carbocycles. The lowest BCUT2D eigenvalue weighted by molar-refractivity contribution is -0.121. The Hall–Kier alpha value is -3.41. The minimum absolute atomic E-state index is 0.0450. The van der Waals surface area contributed by atoms with Gasteiger partial charge in [-0.05, 0) is 36.8 Å². The summed E-state index contributed by atoms with van der Waals surface area (Å²) in [5.74, 6) is -0.901. The summed E-state index contributed by atoms with van der Waals surface area (Å²) < 4.78 is 5.22. The zero-order chi connectivity index (χ0) is 19.9. The van der Waals surface area contributed by atoms with Crippen molar-refractivity contribution in [3.63, 3.8) is 0 Å². The number of benzene rings is 2. The summed E-state index contributed by atoms with van der Waals surface area (Å²) in [5.41, 5.74) is 1.68. The van der Waals surface area contributed by atoms with E-state index in [9.17, 15) is 14.4 Å². The number of rotatable bonds is 7. The van der Waals surface area contributed by atoms with Gasteiger partial charge in [0.05, 0.1) is 5.56 Å². The van der Waals surface area contributed by atoms with Crippen LogP contribution in [0.25, 0.3) is 0 Å². The Bertz CT molecular complexity index is 879. The third-order valence-corrected chi connectivity index (χ3v) is 4.47. The van der Waals surface area contributed by atoms with Crippen LogP contribution in [0.15, 0.2) is 67.3 Å². The minimum atomic E-state index is -0.603. The predicted molar refractivity (Wildman–Crippen MR) is 107 cm³/mol. The lowest BCUT2D eigenvalue weighted by Crippen LogP contribution is -2.34. The molecule has 1 saturated heterocycles. The number of nitrogens with zero attached hydrogens (tertiary/aromatic N) is 2. The summed E-state index contributed by atoms with van der Waals surface area (Å²) in [6.07, 6.45) is 2.94. The molecule has 0 bridgehead atoms. The van der Waals surface area contributed by atoms with Gasteiger partial charge < -0.3 is 14.5 Å². The fourth-order valence-electron chi connectivity index (χ4n) is 3.10. The summed E-state index contributed by atoms with van der Waals surface area (Å²) >= 11 is 0. The van der Waals surface area contributed by atoms with Crippen molar-refractivity contribution in [3.8, 4) is 0 Å². The highest BCUT2D eigenvalue weighted by Crippen LogP contribution is 2.22. The van der Waals surface area contributed by atoms with Crippen molar-refractivity contribution in [2.75, 3.05) is 29.5 Å². The number of esters is 1. The van der Waals surface area contributed by atoms with E-state index in [1.54, 1.807) is 47.4 Å². The quantitative estimate of drug-likeness (QED) is 0.548. The van der Waals surface area contributed by atoms with Crippen LogP contribution in [-0.2, 0) is 14.3 Å². The third-order valence-electron chi connectivity index (χ3n) is 4.47. The zero-order valence-electron chi connectivity index (χ0n) is 15.5. The SMILES string of the molecule is C=CCN(C(=O)COC(=O)c1cccc(N2CCCC2=O)c1)c1ccccc1. The van der Waals surface area contributed by atoms with Crippen LogP contribution in [0.3, 0.4) is 0 Å². The highest BCUT2D eigenvalue weighted by molar-refractivity contribution is 5.99. The van der Waals surface area contributed by atoms with Crippen molar-refractivity contribution in [2.45, 2.75) is 12.8 Å². The number of carbonyl (C=O) groups is 3. The number of carbonyl (C=O) groups excluding carboxylic acids is 3. The van der Waals surface area contributed by atoms with E-state index in [2.05, 4.69) is 6.58 Å². The molecule has 0 spiro atoms.